The van der Waals surface area contributed by atoms with E-state index in [4.69, 9.17) is 4.74 Å². The summed E-state index contributed by atoms with van der Waals surface area (Å²) in [5.41, 5.74) is 0.0822. The van der Waals surface area contributed by atoms with E-state index in [1.165, 1.54) is 0 Å². The first-order valence-electron chi connectivity index (χ1n) is 6.36. The predicted octanol–water partition coefficient (Wildman–Crippen LogP) is 2.54. The van der Waals surface area contributed by atoms with E-state index in [0.717, 1.165) is 0 Å². The Morgan fingerprint density at radius 3 is 2.32 bits per heavy atom. The highest BCUT2D eigenvalue weighted by Crippen LogP contribution is 2.09. The molecule has 0 aliphatic carbocycles. The van der Waals surface area contributed by atoms with Crippen LogP contribution in [0.1, 0.15) is 44.5 Å². The van der Waals surface area contributed by atoms with Crippen molar-refractivity contribution in [3.8, 4) is 0 Å². The second-order valence-corrected chi connectivity index (χ2v) is 5.53. The summed E-state index contributed by atoms with van der Waals surface area (Å²) in [5, 5.41) is 2.77. The van der Waals surface area contributed by atoms with E-state index in [2.05, 4.69) is 5.32 Å². The summed E-state index contributed by atoms with van der Waals surface area (Å²) >= 11 is 0. The van der Waals surface area contributed by atoms with Crippen molar-refractivity contribution in [1.82, 2.24) is 5.32 Å². The molecule has 4 nitrogen and oxygen atoms in total. The van der Waals surface area contributed by atoms with Gasteiger partial charge in [-0.2, -0.15) is 0 Å². The molecule has 104 valence electrons. The van der Waals surface area contributed by atoms with E-state index < -0.39 is 5.60 Å². The molecule has 1 atom stereocenters. The van der Waals surface area contributed by atoms with E-state index in [-0.39, 0.29) is 24.3 Å². The molecule has 0 heterocycles. The van der Waals surface area contributed by atoms with Crippen LogP contribution in [0.3, 0.4) is 0 Å². The molecule has 0 fully saturated rings. The fraction of sp³-hybridized carbons (Fsp3) is 0.467. The van der Waals surface area contributed by atoms with Gasteiger partial charge in [0.25, 0.3) is 5.91 Å². The van der Waals surface area contributed by atoms with Crippen LogP contribution in [0.2, 0.25) is 0 Å². The smallest absolute Gasteiger partial charge is 0.308 e. The van der Waals surface area contributed by atoms with Gasteiger partial charge in [0.15, 0.2) is 0 Å². The fourth-order valence-corrected chi connectivity index (χ4v) is 1.58. The number of hydrogen-bond donors (Lipinski definition) is 1. The van der Waals surface area contributed by atoms with Gasteiger partial charge in [0.2, 0.25) is 0 Å². The van der Waals surface area contributed by atoms with Crippen molar-refractivity contribution < 1.29 is 14.3 Å². The van der Waals surface area contributed by atoms with Crippen molar-refractivity contribution >= 4 is 11.9 Å². The number of hydrogen-bond acceptors (Lipinski definition) is 3. The Balaban J connectivity index is 2.45. The molecule has 0 bridgehead atoms. The molecule has 1 rings (SSSR count). The van der Waals surface area contributed by atoms with Gasteiger partial charge in [-0.05, 0) is 39.8 Å². The molecule has 1 aromatic carbocycles. The van der Waals surface area contributed by atoms with Crippen LogP contribution in [0.4, 0.5) is 0 Å². The van der Waals surface area contributed by atoms with Gasteiger partial charge in [0.05, 0.1) is 6.42 Å². The van der Waals surface area contributed by atoms with E-state index in [9.17, 15) is 9.59 Å². The maximum atomic E-state index is 11.9. The third-order valence-electron chi connectivity index (χ3n) is 2.31. The summed E-state index contributed by atoms with van der Waals surface area (Å²) in [7, 11) is 0. The summed E-state index contributed by atoms with van der Waals surface area (Å²) in [6.07, 6.45) is 0.163. The lowest BCUT2D eigenvalue weighted by Crippen LogP contribution is -2.36. The second kappa shape index (κ2) is 6.36. The Morgan fingerprint density at radius 2 is 1.79 bits per heavy atom. The maximum absolute atomic E-state index is 11.9. The monoisotopic (exact) mass is 263 g/mol. The zero-order valence-corrected chi connectivity index (χ0v) is 11.9. The van der Waals surface area contributed by atoms with Crippen LogP contribution in [0.15, 0.2) is 30.3 Å². The minimum atomic E-state index is -0.500. The first-order valence-corrected chi connectivity index (χ1v) is 6.36. The van der Waals surface area contributed by atoms with Crippen LogP contribution in [0, 0.1) is 0 Å². The van der Waals surface area contributed by atoms with Crippen LogP contribution < -0.4 is 5.32 Å². The van der Waals surface area contributed by atoms with Gasteiger partial charge in [0, 0.05) is 11.6 Å². The average molecular weight is 263 g/mol. The molecule has 0 radical (unpaired) electrons. The Labute approximate surface area is 114 Å². The molecule has 0 aliphatic heterocycles. The summed E-state index contributed by atoms with van der Waals surface area (Å²) in [6, 6.07) is 8.65. The van der Waals surface area contributed by atoms with Crippen molar-refractivity contribution in [1.29, 1.82) is 0 Å². The van der Waals surface area contributed by atoms with Gasteiger partial charge in [0.1, 0.15) is 5.60 Å². The summed E-state index contributed by atoms with van der Waals surface area (Å²) in [6.45, 7) is 7.24. The molecule has 1 N–H and O–H groups in total. The Hall–Kier alpha value is -1.84. The Bertz CT molecular complexity index is 434. The van der Waals surface area contributed by atoms with Gasteiger partial charge >= 0.3 is 5.97 Å². The molecule has 1 aromatic rings. The van der Waals surface area contributed by atoms with Crippen LogP contribution in [0.5, 0.6) is 0 Å². The van der Waals surface area contributed by atoms with E-state index in [1.54, 1.807) is 31.2 Å². The Morgan fingerprint density at radius 1 is 1.21 bits per heavy atom. The fourth-order valence-electron chi connectivity index (χ4n) is 1.58. The minimum absolute atomic E-state index is 0.163. The highest BCUT2D eigenvalue weighted by Gasteiger charge is 2.19. The van der Waals surface area contributed by atoms with Crippen LogP contribution >= 0.6 is 0 Å². The molecular weight excluding hydrogens is 242 g/mol. The largest absolute Gasteiger partial charge is 0.460 e. The average Bonchev–Trinajstić information content (AvgIpc) is 2.27. The number of ether oxygens (including phenoxy) is 1. The van der Waals surface area contributed by atoms with Gasteiger partial charge in [-0.15, -0.1) is 0 Å². The zero-order chi connectivity index (χ0) is 14.5. The maximum Gasteiger partial charge on any atom is 0.308 e. The van der Waals surface area contributed by atoms with Gasteiger partial charge in [-0.3, -0.25) is 9.59 Å². The first kappa shape index (κ1) is 15.2. The zero-order valence-electron chi connectivity index (χ0n) is 11.9. The molecule has 0 aliphatic rings. The number of nitrogens with one attached hydrogen (secondary N) is 1. The van der Waals surface area contributed by atoms with Crippen molar-refractivity contribution in [3.05, 3.63) is 35.9 Å². The molecule has 0 aromatic heterocycles. The molecule has 4 heteroatoms. The molecule has 19 heavy (non-hydrogen) atoms. The summed E-state index contributed by atoms with van der Waals surface area (Å²) in [4.78, 5) is 23.5. The normalized spacial score (nSPS) is 12.6. The van der Waals surface area contributed by atoms with Gasteiger partial charge in [-0.25, -0.2) is 0 Å². The predicted molar refractivity (Wildman–Crippen MR) is 73.8 cm³/mol. The second-order valence-electron chi connectivity index (χ2n) is 5.53. The summed E-state index contributed by atoms with van der Waals surface area (Å²) in [5.74, 6) is -0.495. The Kier molecular flexibility index (Phi) is 5.10. The van der Waals surface area contributed by atoms with E-state index in [0.29, 0.717) is 5.56 Å². The molecule has 0 saturated heterocycles. The third-order valence-corrected chi connectivity index (χ3v) is 2.31. The molecule has 1 amide bonds. The lowest BCUT2D eigenvalue weighted by Gasteiger charge is -2.21. The van der Waals surface area contributed by atoms with Crippen LogP contribution in [-0.2, 0) is 9.53 Å². The van der Waals surface area contributed by atoms with Crippen molar-refractivity contribution in [2.24, 2.45) is 0 Å². The third kappa shape index (κ3) is 6.04. The molecule has 1 unspecified atom stereocenters. The number of carbonyl (C=O) groups excluding carboxylic acids is 2. The van der Waals surface area contributed by atoms with Crippen LogP contribution in [-0.4, -0.2) is 23.5 Å². The lowest BCUT2D eigenvalue weighted by molar-refractivity contribution is -0.155. The quantitative estimate of drug-likeness (QED) is 0.849. The van der Waals surface area contributed by atoms with Gasteiger partial charge < -0.3 is 10.1 Å². The molecule has 0 saturated carbocycles. The van der Waals surface area contributed by atoms with Gasteiger partial charge in [-0.1, -0.05) is 18.2 Å². The first-order chi connectivity index (χ1) is 8.78. The molecule has 0 spiro atoms. The number of amides is 1. The molecular formula is C15H21NO3. The highest BCUT2D eigenvalue weighted by molar-refractivity contribution is 5.94. The standard InChI is InChI=1S/C15H21NO3/c1-11(10-13(17)19-15(2,3)4)16-14(18)12-8-6-5-7-9-12/h5-9,11H,10H2,1-4H3,(H,16,18). The summed E-state index contributed by atoms with van der Waals surface area (Å²) < 4.78 is 5.21. The van der Waals surface area contributed by atoms with Crippen molar-refractivity contribution in [2.75, 3.05) is 0 Å². The van der Waals surface area contributed by atoms with E-state index >= 15 is 0 Å². The minimum Gasteiger partial charge on any atom is -0.460 e. The highest BCUT2D eigenvalue weighted by atomic mass is 16.6. The van der Waals surface area contributed by atoms with Crippen molar-refractivity contribution in [3.63, 3.8) is 0 Å². The lowest BCUT2D eigenvalue weighted by atomic mass is 10.1. The SMILES string of the molecule is CC(CC(=O)OC(C)(C)C)NC(=O)c1ccccc1. The number of rotatable bonds is 4. The number of carbonyl (C=O) groups is 2. The van der Waals surface area contributed by atoms with E-state index in [1.807, 2.05) is 26.8 Å². The number of benzene rings is 1. The van der Waals surface area contributed by atoms with Crippen molar-refractivity contribution in [2.45, 2.75) is 45.8 Å². The number of esters is 1. The van der Waals surface area contributed by atoms with Crippen LogP contribution in [0.25, 0.3) is 0 Å². The topological polar surface area (TPSA) is 55.4 Å².